The molecule has 2 saturated carbocycles. The van der Waals surface area contributed by atoms with Gasteiger partial charge in [0, 0.05) is 12.8 Å². The van der Waals surface area contributed by atoms with Crippen LogP contribution in [0.25, 0.3) is 0 Å². The molecule has 3 nitrogen and oxygen atoms in total. The van der Waals surface area contributed by atoms with Crippen molar-refractivity contribution in [2.45, 2.75) is 69.7 Å². The van der Waals surface area contributed by atoms with Gasteiger partial charge in [-0.3, -0.25) is 4.79 Å². The van der Waals surface area contributed by atoms with E-state index in [-0.39, 0.29) is 18.3 Å². The molecule has 0 heterocycles. The Morgan fingerprint density at radius 3 is 2.40 bits per heavy atom. The van der Waals surface area contributed by atoms with Gasteiger partial charge in [0.05, 0.1) is 18.3 Å². The number of ether oxygens (including phenoxy) is 1. The van der Waals surface area contributed by atoms with E-state index in [4.69, 9.17) is 4.74 Å². The van der Waals surface area contributed by atoms with Crippen molar-refractivity contribution in [2.75, 3.05) is 0 Å². The number of hydrogen-bond donors (Lipinski definition) is 1. The normalized spacial score (nSPS) is 34.3. The molecule has 2 fully saturated rings. The molecule has 15 heavy (non-hydrogen) atoms. The Bertz CT molecular complexity index is 217. The van der Waals surface area contributed by atoms with E-state index >= 15 is 0 Å². The maximum absolute atomic E-state index is 11.1. The molecule has 2 atom stereocenters. The Morgan fingerprint density at radius 1 is 1.07 bits per heavy atom. The zero-order valence-electron chi connectivity index (χ0n) is 9.15. The van der Waals surface area contributed by atoms with E-state index in [0.29, 0.717) is 18.6 Å². The second-order valence-corrected chi connectivity index (χ2v) is 4.76. The molecule has 1 N–H and O–H groups in total. The van der Waals surface area contributed by atoms with Gasteiger partial charge in [0.25, 0.3) is 0 Å². The molecule has 0 radical (unpaired) electrons. The van der Waals surface area contributed by atoms with E-state index < -0.39 is 0 Å². The number of hydrogen-bond acceptors (Lipinski definition) is 3. The Morgan fingerprint density at radius 2 is 1.73 bits per heavy atom. The van der Waals surface area contributed by atoms with Gasteiger partial charge in [-0.15, -0.1) is 0 Å². The Kier molecular flexibility index (Phi) is 3.76. The highest BCUT2D eigenvalue weighted by Crippen LogP contribution is 2.26. The molecule has 0 saturated heterocycles. The van der Waals surface area contributed by atoms with Crippen LogP contribution in [0.2, 0.25) is 0 Å². The maximum Gasteiger partial charge on any atom is 0.133 e. The zero-order chi connectivity index (χ0) is 10.7. The van der Waals surface area contributed by atoms with Crippen LogP contribution in [0.3, 0.4) is 0 Å². The molecular weight excluding hydrogens is 192 g/mol. The van der Waals surface area contributed by atoms with Gasteiger partial charge in [0.2, 0.25) is 0 Å². The minimum Gasteiger partial charge on any atom is -0.390 e. The summed E-state index contributed by atoms with van der Waals surface area (Å²) in [5.74, 6) is 0.360. The molecule has 0 bridgehead atoms. The summed E-state index contributed by atoms with van der Waals surface area (Å²) >= 11 is 0. The quantitative estimate of drug-likeness (QED) is 0.759. The molecule has 2 rings (SSSR count). The molecular formula is C12H20O3. The van der Waals surface area contributed by atoms with E-state index in [1.807, 2.05) is 0 Å². The van der Waals surface area contributed by atoms with Crippen LogP contribution in [-0.4, -0.2) is 29.2 Å². The first-order chi connectivity index (χ1) is 7.25. The summed E-state index contributed by atoms with van der Waals surface area (Å²) in [5.41, 5.74) is 0. The lowest BCUT2D eigenvalue weighted by Crippen LogP contribution is -2.36. The number of aliphatic hydroxyl groups excluding tert-OH is 1. The molecule has 2 aliphatic rings. The molecule has 2 unspecified atom stereocenters. The van der Waals surface area contributed by atoms with Crippen molar-refractivity contribution in [3.63, 3.8) is 0 Å². The number of Topliss-reactive ketones (excluding diaryl/α,β-unsaturated/α-hetero) is 1. The topological polar surface area (TPSA) is 46.5 Å². The van der Waals surface area contributed by atoms with Gasteiger partial charge >= 0.3 is 0 Å². The lowest BCUT2D eigenvalue weighted by Gasteiger charge is -2.32. The van der Waals surface area contributed by atoms with Gasteiger partial charge in [-0.25, -0.2) is 0 Å². The van der Waals surface area contributed by atoms with Gasteiger partial charge in [0.15, 0.2) is 0 Å². The number of carbonyl (C=O) groups is 1. The molecule has 2 aliphatic carbocycles. The van der Waals surface area contributed by atoms with Crippen molar-refractivity contribution in [3.8, 4) is 0 Å². The van der Waals surface area contributed by atoms with Gasteiger partial charge in [-0.05, 0) is 25.7 Å². The highest BCUT2D eigenvalue weighted by atomic mass is 16.5. The summed E-state index contributed by atoms with van der Waals surface area (Å²) in [7, 11) is 0. The SMILES string of the molecule is O=C1CCC(OC2CCCCC2O)CC1. The molecule has 0 aromatic heterocycles. The first kappa shape index (κ1) is 11.1. The monoisotopic (exact) mass is 212 g/mol. The Hall–Kier alpha value is -0.410. The summed E-state index contributed by atoms with van der Waals surface area (Å²) < 4.78 is 5.89. The summed E-state index contributed by atoms with van der Waals surface area (Å²) in [6.45, 7) is 0. The third-order valence-electron chi connectivity index (χ3n) is 3.53. The second-order valence-electron chi connectivity index (χ2n) is 4.76. The van der Waals surface area contributed by atoms with E-state index in [1.54, 1.807) is 0 Å². The lowest BCUT2D eigenvalue weighted by molar-refractivity contribution is -0.129. The summed E-state index contributed by atoms with van der Waals surface area (Å²) in [4.78, 5) is 11.1. The molecule has 0 aromatic carbocycles. The summed E-state index contributed by atoms with van der Waals surface area (Å²) in [5, 5.41) is 9.76. The fraction of sp³-hybridized carbons (Fsp3) is 0.917. The van der Waals surface area contributed by atoms with Crippen LogP contribution < -0.4 is 0 Å². The minimum absolute atomic E-state index is 0.0250. The van der Waals surface area contributed by atoms with E-state index in [0.717, 1.165) is 38.5 Å². The van der Waals surface area contributed by atoms with Crippen LogP contribution in [0, 0.1) is 0 Å². The Balaban J connectivity index is 1.78. The van der Waals surface area contributed by atoms with E-state index in [2.05, 4.69) is 0 Å². The fourth-order valence-electron chi connectivity index (χ4n) is 2.53. The predicted molar refractivity (Wildman–Crippen MR) is 56.6 cm³/mol. The standard InChI is InChI=1S/C12H20O3/c13-9-5-7-10(8-6-9)15-12-4-2-1-3-11(12)14/h10-12,14H,1-8H2. The van der Waals surface area contributed by atoms with E-state index in [1.165, 1.54) is 0 Å². The van der Waals surface area contributed by atoms with Gasteiger partial charge in [0.1, 0.15) is 5.78 Å². The van der Waals surface area contributed by atoms with E-state index in [9.17, 15) is 9.90 Å². The maximum atomic E-state index is 11.1. The van der Waals surface area contributed by atoms with Crippen LogP contribution >= 0.6 is 0 Å². The van der Waals surface area contributed by atoms with Gasteiger partial charge < -0.3 is 9.84 Å². The van der Waals surface area contributed by atoms with Crippen LogP contribution in [0.4, 0.5) is 0 Å². The molecule has 0 aromatic rings. The largest absolute Gasteiger partial charge is 0.390 e. The van der Waals surface area contributed by atoms with Crippen LogP contribution in [0.5, 0.6) is 0 Å². The summed E-state index contributed by atoms with van der Waals surface area (Å²) in [6.07, 6.45) is 7.10. The zero-order valence-corrected chi connectivity index (χ0v) is 9.15. The van der Waals surface area contributed by atoms with Crippen LogP contribution in [0.1, 0.15) is 51.4 Å². The minimum atomic E-state index is -0.281. The van der Waals surface area contributed by atoms with Gasteiger partial charge in [-0.2, -0.15) is 0 Å². The number of rotatable bonds is 2. The molecule has 0 amide bonds. The highest BCUT2D eigenvalue weighted by molar-refractivity contribution is 5.79. The number of ketones is 1. The highest BCUT2D eigenvalue weighted by Gasteiger charge is 2.28. The smallest absolute Gasteiger partial charge is 0.133 e. The van der Waals surface area contributed by atoms with Crippen molar-refractivity contribution in [1.29, 1.82) is 0 Å². The fourth-order valence-corrected chi connectivity index (χ4v) is 2.53. The van der Waals surface area contributed by atoms with Crippen molar-refractivity contribution in [3.05, 3.63) is 0 Å². The number of aliphatic hydroxyl groups is 1. The van der Waals surface area contributed by atoms with Crippen molar-refractivity contribution >= 4 is 5.78 Å². The first-order valence-electron chi connectivity index (χ1n) is 6.11. The predicted octanol–water partition coefficient (Wildman–Crippen LogP) is 1.82. The molecule has 0 spiro atoms. The average molecular weight is 212 g/mol. The third-order valence-corrected chi connectivity index (χ3v) is 3.53. The number of carbonyl (C=O) groups excluding carboxylic acids is 1. The van der Waals surface area contributed by atoms with Crippen LogP contribution in [0.15, 0.2) is 0 Å². The Labute approximate surface area is 90.8 Å². The average Bonchev–Trinajstić information content (AvgIpc) is 2.25. The molecule has 86 valence electrons. The van der Waals surface area contributed by atoms with Crippen molar-refractivity contribution in [1.82, 2.24) is 0 Å². The van der Waals surface area contributed by atoms with Crippen LogP contribution in [-0.2, 0) is 9.53 Å². The molecule has 3 heteroatoms. The summed E-state index contributed by atoms with van der Waals surface area (Å²) in [6, 6.07) is 0. The lowest BCUT2D eigenvalue weighted by atomic mass is 9.93. The van der Waals surface area contributed by atoms with Crippen molar-refractivity contribution < 1.29 is 14.6 Å². The second kappa shape index (κ2) is 5.08. The van der Waals surface area contributed by atoms with Crippen molar-refractivity contribution in [2.24, 2.45) is 0 Å². The first-order valence-corrected chi connectivity index (χ1v) is 6.11. The van der Waals surface area contributed by atoms with Gasteiger partial charge in [-0.1, -0.05) is 12.8 Å². The third kappa shape index (κ3) is 3.02. The molecule has 0 aliphatic heterocycles.